The minimum Gasteiger partial charge on any atom is -0.325 e. The Kier molecular flexibility index (Phi) is 4.33. The Hall–Kier alpha value is -0.870. The highest BCUT2D eigenvalue weighted by atomic mass is 79.9. The number of halogens is 1. The van der Waals surface area contributed by atoms with Gasteiger partial charge < -0.3 is 11.1 Å². The van der Waals surface area contributed by atoms with E-state index in [9.17, 15) is 4.79 Å². The summed E-state index contributed by atoms with van der Waals surface area (Å²) in [5, 5.41) is 2.82. The van der Waals surface area contributed by atoms with E-state index in [-0.39, 0.29) is 11.3 Å². The van der Waals surface area contributed by atoms with Crippen LogP contribution in [0.1, 0.15) is 26.3 Å². The molecule has 4 heteroatoms. The fourth-order valence-corrected chi connectivity index (χ4v) is 1.66. The second-order valence-corrected chi connectivity index (χ2v) is 6.15. The number of anilines is 1. The average molecular weight is 299 g/mol. The van der Waals surface area contributed by atoms with Crippen LogP contribution in [0.5, 0.6) is 0 Å². The number of nitrogens with one attached hydrogen (secondary N) is 1. The van der Waals surface area contributed by atoms with Crippen molar-refractivity contribution < 1.29 is 4.79 Å². The van der Waals surface area contributed by atoms with Gasteiger partial charge in [-0.25, -0.2) is 0 Å². The number of nitrogens with two attached hydrogens (primary N) is 1. The molecule has 0 heterocycles. The van der Waals surface area contributed by atoms with Gasteiger partial charge in [0.15, 0.2) is 0 Å². The van der Waals surface area contributed by atoms with Gasteiger partial charge in [0, 0.05) is 10.2 Å². The molecule has 94 valence electrons. The molecule has 1 rings (SSSR count). The normalized spacial score (nSPS) is 13.3. The lowest BCUT2D eigenvalue weighted by Gasteiger charge is -2.25. The van der Waals surface area contributed by atoms with Crippen molar-refractivity contribution in [3.05, 3.63) is 28.2 Å². The van der Waals surface area contributed by atoms with E-state index in [0.29, 0.717) is 0 Å². The molecule has 0 aliphatic heterocycles. The zero-order valence-corrected chi connectivity index (χ0v) is 12.3. The predicted octanol–water partition coefficient (Wildman–Crippen LogP) is 3.07. The van der Waals surface area contributed by atoms with Crippen molar-refractivity contribution in [2.24, 2.45) is 11.1 Å². The second-order valence-electron chi connectivity index (χ2n) is 5.30. The van der Waals surface area contributed by atoms with E-state index >= 15 is 0 Å². The number of aryl methyl sites for hydroxylation is 1. The Morgan fingerprint density at radius 1 is 1.41 bits per heavy atom. The molecule has 1 aromatic rings. The second kappa shape index (κ2) is 5.19. The zero-order chi connectivity index (χ0) is 13.2. The molecule has 1 amide bonds. The minimum atomic E-state index is -0.525. The number of rotatable bonds is 2. The van der Waals surface area contributed by atoms with E-state index in [1.54, 1.807) is 0 Å². The molecule has 0 bridgehead atoms. The van der Waals surface area contributed by atoms with Gasteiger partial charge in [0.2, 0.25) is 5.91 Å². The van der Waals surface area contributed by atoms with Gasteiger partial charge in [-0.05, 0) is 30.0 Å². The van der Waals surface area contributed by atoms with Crippen molar-refractivity contribution in [1.29, 1.82) is 0 Å². The van der Waals surface area contributed by atoms with Crippen molar-refractivity contribution in [1.82, 2.24) is 0 Å². The lowest BCUT2D eigenvalue weighted by Crippen LogP contribution is -2.45. The quantitative estimate of drug-likeness (QED) is 0.881. The molecule has 0 aliphatic rings. The molecule has 0 radical (unpaired) electrons. The fraction of sp³-hybridized carbons (Fsp3) is 0.462. The third-order valence-corrected chi connectivity index (χ3v) is 3.51. The summed E-state index contributed by atoms with van der Waals surface area (Å²) >= 11 is 3.43. The van der Waals surface area contributed by atoms with Crippen LogP contribution in [0.2, 0.25) is 0 Å². The minimum absolute atomic E-state index is 0.159. The predicted molar refractivity (Wildman–Crippen MR) is 74.9 cm³/mol. The van der Waals surface area contributed by atoms with E-state index in [2.05, 4.69) is 21.2 Å². The molecule has 0 saturated heterocycles. The Morgan fingerprint density at radius 3 is 2.47 bits per heavy atom. The van der Waals surface area contributed by atoms with Crippen LogP contribution in [0, 0.1) is 12.3 Å². The van der Waals surface area contributed by atoms with Gasteiger partial charge >= 0.3 is 0 Å². The number of hydrogen-bond donors (Lipinski definition) is 2. The van der Waals surface area contributed by atoms with E-state index in [0.717, 1.165) is 15.7 Å². The average Bonchev–Trinajstić information content (AvgIpc) is 2.21. The first kappa shape index (κ1) is 14.2. The smallest absolute Gasteiger partial charge is 0.241 e. The van der Waals surface area contributed by atoms with Crippen LogP contribution < -0.4 is 11.1 Å². The van der Waals surface area contributed by atoms with Crippen LogP contribution >= 0.6 is 15.9 Å². The van der Waals surface area contributed by atoms with Gasteiger partial charge in [0.25, 0.3) is 0 Å². The van der Waals surface area contributed by atoms with Crippen LogP contribution in [0.15, 0.2) is 22.7 Å². The van der Waals surface area contributed by atoms with Gasteiger partial charge in [0.05, 0.1) is 6.04 Å². The number of amides is 1. The van der Waals surface area contributed by atoms with Crippen LogP contribution in [-0.2, 0) is 4.79 Å². The molecule has 17 heavy (non-hydrogen) atoms. The topological polar surface area (TPSA) is 55.1 Å². The first-order valence-corrected chi connectivity index (χ1v) is 6.33. The first-order chi connectivity index (χ1) is 7.71. The number of hydrogen-bond acceptors (Lipinski definition) is 2. The highest BCUT2D eigenvalue weighted by Crippen LogP contribution is 2.22. The van der Waals surface area contributed by atoms with Crippen LogP contribution in [0.3, 0.4) is 0 Å². The largest absolute Gasteiger partial charge is 0.325 e. The summed E-state index contributed by atoms with van der Waals surface area (Å²) in [6.45, 7) is 7.84. The summed E-state index contributed by atoms with van der Waals surface area (Å²) in [6, 6.07) is 5.17. The molecule has 0 aliphatic carbocycles. The van der Waals surface area contributed by atoms with E-state index in [4.69, 9.17) is 5.73 Å². The van der Waals surface area contributed by atoms with Crippen LogP contribution in [-0.4, -0.2) is 11.9 Å². The number of carbonyl (C=O) groups excluding carboxylic acids is 1. The highest BCUT2D eigenvalue weighted by Gasteiger charge is 2.27. The van der Waals surface area contributed by atoms with Crippen molar-refractivity contribution in [2.45, 2.75) is 33.7 Å². The third-order valence-electron chi connectivity index (χ3n) is 2.65. The SMILES string of the molecule is Cc1ccc(NC(=O)[C@@H](N)C(C)(C)C)cc1Br. The fourth-order valence-electron chi connectivity index (χ4n) is 1.28. The van der Waals surface area contributed by atoms with Gasteiger partial charge in [0.1, 0.15) is 0 Å². The lowest BCUT2D eigenvalue weighted by atomic mass is 9.87. The van der Waals surface area contributed by atoms with Crippen molar-refractivity contribution in [2.75, 3.05) is 5.32 Å². The highest BCUT2D eigenvalue weighted by molar-refractivity contribution is 9.10. The molecular weight excluding hydrogens is 280 g/mol. The van der Waals surface area contributed by atoms with Crippen LogP contribution in [0.4, 0.5) is 5.69 Å². The van der Waals surface area contributed by atoms with E-state index < -0.39 is 6.04 Å². The number of carbonyl (C=O) groups is 1. The molecule has 3 nitrogen and oxygen atoms in total. The maximum absolute atomic E-state index is 11.9. The molecule has 3 N–H and O–H groups in total. The summed E-state index contributed by atoms with van der Waals surface area (Å²) in [5.41, 5.74) is 7.53. The molecule has 0 saturated carbocycles. The van der Waals surface area contributed by atoms with Crippen molar-refractivity contribution >= 4 is 27.5 Å². The maximum Gasteiger partial charge on any atom is 0.241 e. The summed E-state index contributed by atoms with van der Waals surface area (Å²) in [7, 11) is 0. The van der Waals surface area contributed by atoms with Crippen molar-refractivity contribution in [3.8, 4) is 0 Å². The zero-order valence-electron chi connectivity index (χ0n) is 10.7. The standard InChI is InChI=1S/C13H19BrN2O/c1-8-5-6-9(7-10(8)14)16-12(17)11(15)13(2,3)4/h5-7,11H,15H2,1-4H3,(H,16,17)/t11-/m1/s1. The van der Waals surface area contributed by atoms with E-state index in [1.165, 1.54) is 0 Å². The monoisotopic (exact) mass is 298 g/mol. The number of benzene rings is 1. The molecule has 1 aromatic carbocycles. The first-order valence-electron chi connectivity index (χ1n) is 5.54. The van der Waals surface area contributed by atoms with Crippen molar-refractivity contribution in [3.63, 3.8) is 0 Å². The molecule has 0 aromatic heterocycles. The summed E-state index contributed by atoms with van der Waals surface area (Å²) in [4.78, 5) is 11.9. The Labute approximate surface area is 111 Å². The lowest BCUT2D eigenvalue weighted by molar-refractivity contribution is -0.119. The molecule has 1 atom stereocenters. The summed E-state index contributed by atoms with van der Waals surface area (Å²) in [6.07, 6.45) is 0. The van der Waals surface area contributed by atoms with E-state index in [1.807, 2.05) is 45.9 Å². The summed E-state index contributed by atoms with van der Waals surface area (Å²) in [5.74, 6) is -0.159. The molecule has 0 spiro atoms. The Morgan fingerprint density at radius 2 is 2.00 bits per heavy atom. The van der Waals surface area contributed by atoms with Crippen LogP contribution in [0.25, 0.3) is 0 Å². The molecule has 0 unspecified atom stereocenters. The van der Waals surface area contributed by atoms with Gasteiger partial charge in [-0.2, -0.15) is 0 Å². The van der Waals surface area contributed by atoms with Gasteiger partial charge in [-0.1, -0.05) is 42.8 Å². The Bertz CT molecular complexity index is 424. The van der Waals surface area contributed by atoms with Gasteiger partial charge in [-0.3, -0.25) is 4.79 Å². The Balaban J connectivity index is 2.78. The summed E-state index contributed by atoms with van der Waals surface area (Å²) < 4.78 is 0.972. The maximum atomic E-state index is 11.9. The van der Waals surface area contributed by atoms with Gasteiger partial charge in [-0.15, -0.1) is 0 Å². The molecule has 0 fully saturated rings. The third kappa shape index (κ3) is 3.82. The molecular formula is C13H19BrN2O.